The van der Waals surface area contributed by atoms with E-state index in [2.05, 4.69) is 37.9 Å². The maximum atomic E-state index is 13.7. The number of unbranched alkanes of at least 4 members (excludes halogenated alkanes) is 2. The third-order valence-electron chi connectivity index (χ3n) is 5.63. The van der Waals surface area contributed by atoms with Crippen molar-refractivity contribution in [2.45, 2.75) is 46.6 Å². The lowest BCUT2D eigenvalue weighted by atomic mass is 10.1. The molecule has 0 bridgehead atoms. The van der Waals surface area contributed by atoms with Gasteiger partial charge in [0.25, 0.3) is 5.91 Å². The first-order valence-corrected chi connectivity index (χ1v) is 12.2. The van der Waals surface area contributed by atoms with Gasteiger partial charge in [-0.3, -0.25) is 14.7 Å². The summed E-state index contributed by atoms with van der Waals surface area (Å²) in [6, 6.07) is 15.5. The molecular formula is C27H29N3O2S. The van der Waals surface area contributed by atoms with E-state index in [-0.39, 0.29) is 5.91 Å². The van der Waals surface area contributed by atoms with Gasteiger partial charge in [0.1, 0.15) is 5.75 Å². The summed E-state index contributed by atoms with van der Waals surface area (Å²) in [7, 11) is 0. The zero-order valence-electron chi connectivity index (χ0n) is 19.4. The number of fused-ring (bicyclic) bond motifs is 1. The van der Waals surface area contributed by atoms with Gasteiger partial charge in [-0.1, -0.05) is 43.2 Å². The molecule has 1 amide bonds. The topological polar surface area (TPSA) is 55.3 Å². The molecule has 4 rings (SSSR count). The van der Waals surface area contributed by atoms with Crippen LogP contribution < -0.4 is 9.64 Å². The predicted molar refractivity (Wildman–Crippen MR) is 135 cm³/mol. The first kappa shape index (κ1) is 22.9. The Kier molecular flexibility index (Phi) is 7.35. The van der Waals surface area contributed by atoms with E-state index in [1.165, 1.54) is 22.5 Å². The van der Waals surface area contributed by atoms with Crippen LogP contribution in [0.1, 0.15) is 53.2 Å². The third-order valence-corrected chi connectivity index (χ3v) is 6.67. The fourth-order valence-corrected chi connectivity index (χ4v) is 4.64. The number of hydrogen-bond donors (Lipinski definition) is 0. The van der Waals surface area contributed by atoms with Crippen molar-refractivity contribution in [2.24, 2.45) is 0 Å². The van der Waals surface area contributed by atoms with Crippen LogP contribution in [0.3, 0.4) is 0 Å². The van der Waals surface area contributed by atoms with E-state index in [0.717, 1.165) is 35.0 Å². The molecule has 2 aromatic carbocycles. The molecule has 0 radical (unpaired) electrons. The van der Waals surface area contributed by atoms with E-state index in [9.17, 15) is 4.79 Å². The SMILES string of the molecule is CCCCCOc1cccc(C(=O)N(Cc2cccnc2)c2nc3cc(C)c(C)cc3s2)c1. The highest BCUT2D eigenvalue weighted by molar-refractivity contribution is 7.22. The molecule has 0 unspecified atom stereocenters. The number of ether oxygens (including phenoxy) is 1. The summed E-state index contributed by atoms with van der Waals surface area (Å²) < 4.78 is 6.96. The number of amides is 1. The molecule has 170 valence electrons. The van der Waals surface area contributed by atoms with Crippen molar-refractivity contribution in [3.8, 4) is 5.75 Å². The quantitative estimate of drug-likeness (QED) is 0.261. The monoisotopic (exact) mass is 459 g/mol. The molecule has 33 heavy (non-hydrogen) atoms. The maximum Gasteiger partial charge on any atom is 0.260 e. The van der Waals surface area contributed by atoms with Gasteiger partial charge in [-0.25, -0.2) is 4.98 Å². The Labute approximate surface area is 199 Å². The van der Waals surface area contributed by atoms with Gasteiger partial charge in [0, 0.05) is 18.0 Å². The van der Waals surface area contributed by atoms with Crippen LogP contribution in [0.4, 0.5) is 5.13 Å². The average molecular weight is 460 g/mol. The fourth-order valence-electron chi connectivity index (χ4n) is 3.60. The summed E-state index contributed by atoms with van der Waals surface area (Å²) in [5, 5.41) is 0.679. The number of benzene rings is 2. The zero-order valence-corrected chi connectivity index (χ0v) is 20.2. The summed E-state index contributed by atoms with van der Waals surface area (Å²) >= 11 is 1.54. The number of thiazole rings is 1. The number of carbonyl (C=O) groups is 1. The average Bonchev–Trinajstić information content (AvgIpc) is 3.23. The smallest absolute Gasteiger partial charge is 0.260 e. The zero-order chi connectivity index (χ0) is 23.2. The highest BCUT2D eigenvalue weighted by Gasteiger charge is 2.22. The van der Waals surface area contributed by atoms with E-state index in [4.69, 9.17) is 9.72 Å². The normalized spacial score (nSPS) is 11.0. The number of nitrogens with zero attached hydrogens (tertiary/aromatic N) is 3. The van der Waals surface area contributed by atoms with E-state index in [1.54, 1.807) is 17.3 Å². The minimum Gasteiger partial charge on any atom is -0.494 e. The van der Waals surface area contributed by atoms with Gasteiger partial charge in [0.05, 0.1) is 23.4 Å². The van der Waals surface area contributed by atoms with Crippen LogP contribution in [0.5, 0.6) is 5.75 Å². The van der Waals surface area contributed by atoms with Crippen molar-refractivity contribution in [1.29, 1.82) is 0 Å². The number of pyridine rings is 1. The number of hydrogen-bond acceptors (Lipinski definition) is 5. The summed E-state index contributed by atoms with van der Waals surface area (Å²) in [6.07, 6.45) is 6.81. The van der Waals surface area contributed by atoms with Crippen LogP contribution in [0, 0.1) is 13.8 Å². The lowest BCUT2D eigenvalue weighted by Crippen LogP contribution is -2.30. The molecule has 2 heterocycles. The Morgan fingerprint density at radius 1 is 1.06 bits per heavy atom. The van der Waals surface area contributed by atoms with Crippen LogP contribution in [-0.2, 0) is 6.54 Å². The second kappa shape index (κ2) is 10.6. The fraction of sp³-hybridized carbons (Fsp3) is 0.296. The van der Waals surface area contributed by atoms with Gasteiger partial charge in [-0.05, 0) is 73.4 Å². The third kappa shape index (κ3) is 5.57. The molecule has 0 N–H and O–H groups in total. The van der Waals surface area contributed by atoms with Crippen LogP contribution in [0.25, 0.3) is 10.2 Å². The number of aryl methyl sites for hydroxylation is 2. The molecule has 6 heteroatoms. The molecule has 0 spiro atoms. The summed E-state index contributed by atoms with van der Waals surface area (Å²) in [6.45, 7) is 7.39. The largest absolute Gasteiger partial charge is 0.494 e. The molecular weight excluding hydrogens is 430 g/mol. The van der Waals surface area contributed by atoms with Crippen molar-refractivity contribution < 1.29 is 9.53 Å². The van der Waals surface area contributed by atoms with Gasteiger partial charge in [-0.2, -0.15) is 0 Å². The molecule has 0 atom stereocenters. The predicted octanol–water partition coefficient (Wildman–Crippen LogP) is 6.72. The van der Waals surface area contributed by atoms with Crippen molar-refractivity contribution in [3.63, 3.8) is 0 Å². The molecule has 0 saturated heterocycles. The molecule has 4 aromatic rings. The summed E-state index contributed by atoms with van der Waals surface area (Å²) in [5.74, 6) is 0.610. The molecule has 5 nitrogen and oxygen atoms in total. The minimum atomic E-state index is -0.106. The molecule has 0 saturated carbocycles. The maximum absolute atomic E-state index is 13.7. The van der Waals surface area contributed by atoms with Gasteiger partial charge in [-0.15, -0.1) is 0 Å². The Morgan fingerprint density at radius 3 is 2.70 bits per heavy atom. The van der Waals surface area contributed by atoms with E-state index in [1.807, 2.05) is 36.4 Å². The second-order valence-corrected chi connectivity index (χ2v) is 9.25. The Bertz CT molecular complexity index is 1200. The minimum absolute atomic E-state index is 0.106. The number of rotatable bonds is 9. The molecule has 0 aliphatic rings. The molecule has 2 aromatic heterocycles. The first-order chi connectivity index (χ1) is 16.0. The standard InChI is InChI=1S/C27H29N3O2S/c1-4-5-6-13-32-23-11-7-10-22(16-23)26(31)30(18-21-9-8-12-28-17-21)27-29-24-14-19(2)20(3)15-25(24)33-27/h7-12,14-17H,4-6,13,18H2,1-3H3. The lowest BCUT2D eigenvalue weighted by molar-refractivity contribution is 0.0984. The van der Waals surface area contributed by atoms with Crippen LogP contribution in [0.2, 0.25) is 0 Å². The van der Waals surface area contributed by atoms with Crippen LogP contribution in [-0.4, -0.2) is 22.5 Å². The number of anilines is 1. The van der Waals surface area contributed by atoms with Crippen molar-refractivity contribution in [2.75, 3.05) is 11.5 Å². The van der Waals surface area contributed by atoms with Gasteiger partial charge in [0.15, 0.2) is 5.13 Å². The van der Waals surface area contributed by atoms with E-state index in [0.29, 0.717) is 29.6 Å². The Morgan fingerprint density at radius 2 is 1.91 bits per heavy atom. The van der Waals surface area contributed by atoms with Crippen molar-refractivity contribution in [1.82, 2.24) is 9.97 Å². The highest BCUT2D eigenvalue weighted by atomic mass is 32.1. The summed E-state index contributed by atoms with van der Waals surface area (Å²) in [5.41, 5.74) is 4.85. The Balaban J connectivity index is 1.66. The van der Waals surface area contributed by atoms with Crippen molar-refractivity contribution >= 4 is 32.6 Å². The summed E-state index contributed by atoms with van der Waals surface area (Å²) in [4.78, 5) is 24.5. The van der Waals surface area contributed by atoms with Crippen LogP contribution >= 0.6 is 11.3 Å². The highest BCUT2D eigenvalue weighted by Crippen LogP contribution is 2.32. The molecule has 0 aliphatic carbocycles. The van der Waals surface area contributed by atoms with Crippen molar-refractivity contribution in [3.05, 3.63) is 83.2 Å². The van der Waals surface area contributed by atoms with E-state index >= 15 is 0 Å². The lowest BCUT2D eigenvalue weighted by Gasteiger charge is -2.20. The Hall–Kier alpha value is -3.25. The van der Waals surface area contributed by atoms with Gasteiger partial charge in [0.2, 0.25) is 0 Å². The number of aromatic nitrogens is 2. The van der Waals surface area contributed by atoms with E-state index < -0.39 is 0 Å². The van der Waals surface area contributed by atoms with Gasteiger partial charge >= 0.3 is 0 Å². The van der Waals surface area contributed by atoms with Crippen LogP contribution in [0.15, 0.2) is 60.9 Å². The van der Waals surface area contributed by atoms with Gasteiger partial charge < -0.3 is 4.74 Å². The first-order valence-electron chi connectivity index (χ1n) is 11.4. The molecule has 0 fully saturated rings. The number of carbonyl (C=O) groups excluding carboxylic acids is 1. The molecule has 0 aliphatic heterocycles. The second-order valence-electron chi connectivity index (χ2n) is 8.24.